The summed E-state index contributed by atoms with van der Waals surface area (Å²) >= 11 is 8.90. The molecule has 0 spiro atoms. The fourth-order valence-corrected chi connectivity index (χ4v) is 4.72. The zero-order valence-electron chi connectivity index (χ0n) is 13.0. The molecular weight excluding hydrogens is 450 g/mol. The SMILES string of the molecule is O=C(O)c1cc(C2CC2)cc(NS(=O)(=O)c2cc(Br)cc(Cl)c2O)c1O. The molecule has 2 aromatic carbocycles. The molecule has 7 nitrogen and oxygen atoms in total. The van der Waals surface area contributed by atoms with Gasteiger partial charge in [0.05, 0.1) is 10.7 Å². The van der Waals surface area contributed by atoms with E-state index in [1.165, 1.54) is 18.2 Å². The zero-order chi connectivity index (χ0) is 19.2. The van der Waals surface area contributed by atoms with Crippen LogP contribution in [0.15, 0.2) is 33.6 Å². The number of benzene rings is 2. The van der Waals surface area contributed by atoms with Crippen molar-refractivity contribution in [2.45, 2.75) is 23.7 Å². The maximum absolute atomic E-state index is 12.6. The van der Waals surface area contributed by atoms with E-state index < -0.39 is 38.0 Å². The van der Waals surface area contributed by atoms with Crippen molar-refractivity contribution in [2.24, 2.45) is 0 Å². The number of aromatic carboxylic acids is 1. The minimum atomic E-state index is -4.34. The molecule has 3 rings (SSSR count). The fraction of sp³-hybridized carbons (Fsp3) is 0.188. The Morgan fingerprint density at radius 2 is 1.81 bits per heavy atom. The molecule has 1 aliphatic carbocycles. The van der Waals surface area contributed by atoms with Crippen LogP contribution in [0.25, 0.3) is 0 Å². The molecule has 0 aliphatic heterocycles. The molecule has 26 heavy (non-hydrogen) atoms. The van der Waals surface area contributed by atoms with Crippen LogP contribution in [0.3, 0.4) is 0 Å². The molecule has 1 fully saturated rings. The number of sulfonamides is 1. The van der Waals surface area contributed by atoms with Crippen LogP contribution in [0, 0.1) is 0 Å². The van der Waals surface area contributed by atoms with E-state index in [2.05, 4.69) is 20.7 Å². The number of aromatic hydroxyl groups is 2. The van der Waals surface area contributed by atoms with Gasteiger partial charge in [-0.2, -0.15) is 0 Å². The quantitative estimate of drug-likeness (QED) is 0.500. The maximum atomic E-state index is 12.6. The van der Waals surface area contributed by atoms with Gasteiger partial charge in [-0.15, -0.1) is 0 Å². The number of hydrogen-bond donors (Lipinski definition) is 4. The number of carboxylic acid groups (broad SMARTS) is 1. The van der Waals surface area contributed by atoms with Gasteiger partial charge in [0.25, 0.3) is 10.0 Å². The Hall–Kier alpha value is -1.97. The first-order valence-corrected chi connectivity index (χ1v) is 10.1. The molecule has 1 aliphatic rings. The van der Waals surface area contributed by atoms with Crippen LogP contribution in [0.1, 0.15) is 34.7 Å². The van der Waals surface area contributed by atoms with Crippen LogP contribution in [0.4, 0.5) is 5.69 Å². The minimum Gasteiger partial charge on any atom is -0.505 e. The predicted molar refractivity (Wildman–Crippen MR) is 98.7 cm³/mol. The first-order valence-electron chi connectivity index (χ1n) is 7.41. The smallest absolute Gasteiger partial charge is 0.339 e. The lowest BCUT2D eigenvalue weighted by molar-refractivity contribution is 0.0693. The van der Waals surface area contributed by atoms with E-state index in [9.17, 15) is 28.5 Å². The maximum Gasteiger partial charge on any atom is 0.339 e. The number of hydrogen-bond acceptors (Lipinski definition) is 5. The molecule has 0 radical (unpaired) electrons. The fourth-order valence-electron chi connectivity index (χ4n) is 2.50. The standard InChI is InChI=1S/C16H13BrClNO6S/c17-9-5-11(18)15(21)13(6-9)26(24,25)19-12-4-8(7-1-2-7)3-10(14(12)20)16(22)23/h3-7,19-21H,1-2H2,(H,22,23). The average molecular weight is 463 g/mol. The highest BCUT2D eigenvalue weighted by molar-refractivity contribution is 9.10. The number of carboxylic acids is 1. The lowest BCUT2D eigenvalue weighted by atomic mass is 10.0. The van der Waals surface area contributed by atoms with Crippen molar-refractivity contribution in [3.63, 3.8) is 0 Å². The van der Waals surface area contributed by atoms with Crippen LogP contribution in [-0.4, -0.2) is 29.7 Å². The number of nitrogens with one attached hydrogen (secondary N) is 1. The summed E-state index contributed by atoms with van der Waals surface area (Å²) in [7, 11) is -4.34. The van der Waals surface area contributed by atoms with E-state index >= 15 is 0 Å². The summed E-state index contributed by atoms with van der Waals surface area (Å²) in [5.74, 6) is -2.60. The molecule has 0 unspecified atom stereocenters. The second-order valence-electron chi connectivity index (χ2n) is 5.88. The number of phenols is 2. The van der Waals surface area contributed by atoms with Crippen molar-refractivity contribution in [3.05, 3.63) is 44.9 Å². The van der Waals surface area contributed by atoms with Crippen molar-refractivity contribution in [1.29, 1.82) is 0 Å². The van der Waals surface area contributed by atoms with Gasteiger partial charge in [0.1, 0.15) is 10.5 Å². The van der Waals surface area contributed by atoms with E-state index in [4.69, 9.17) is 11.6 Å². The van der Waals surface area contributed by atoms with Gasteiger partial charge in [-0.25, -0.2) is 13.2 Å². The van der Waals surface area contributed by atoms with Gasteiger partial charge in [-0.05, 0) is 48.6 Å². The van der Waals surface area contributed by atoms with Gasteiger partial charge in [-0.3, -0.25) is 4.72 Å². The van der Waals surface area contributed by atoms with Crippen molar-refractivity contribution in [2.75, 3.05) is 4.72 Å². The number of anilines is 1. The van der Waals surface area contributed by atoms with Crippen LogP contribution in [0.2, 0.25) is 5.02 Å². The molecule has 0 heterocycles. The van der Waals surface area contributed by atoms with Crippen molar-refractivity contribution < 1.29 is 28.5 Å². The average Bonchev–Trinajstić information content (AvgIpc) is 3.37. The molecule has 1 saturated carbocycles. The summed E-state index contributed by atoms with van der Waals surface area (Å²) in [6, 6.07) is 5.20. The Labute approximate surface area is 162 Å². The van der Waals surface area contributed by atoms with E-state index in [0.29, 0.717) is 10.0 Å². The summed E-state index contributed by atoms with van der Waals surface area (Å²) in [6.45, 7) is 0. The molecule has 0 bridgehead atoms. The molecule has 4 N–H and O–H groups in total. The molecule has 0 amide bonds. The normalized spacial score (nSPS) is 14.2. The topological polar surface area (TPSA) is 124 Å². The Bertz CT molecular complexity index is 1020. The minimum absolute atomic E-state index is 0.130. The molecule has 138 valence electrons. The van der Waals surface area contributed by atoms with Crippen LogP contribution in [-0.2, 0) is 10.0 Å². The Balaban J connectivity index is 2.09. The largest absolute Gasteiger partial charge is 0.505 e. The van der Waals surface area contributed by atoms with Crippen molar-refractivity contribution >= 4 is 49.2 Å². The molecule has 10 heteroatoms. The number of rotatable bonds is 5. The number of halogens is 2. The Kier molecular flexibility index (Phi) is 4.80. The van der Waals surface area contributed by atoms with Crippen molar-refractivity contribution in [1.82, 2.24) is 0 Å². The van der Waals surface area contributed by atoms with Crippen molar-refractivity contribution in [3.8, 4) is 11.5 Å². The van der Waals surface area contributed by atoms with Crippen LogP contribution in [0.5, 0.6) is 11.5 Å². The van der Waals surface area contributed by atoms with E-state index in [-0.39, 0.29) is 16.6 Å². The predicted octanol–water partition coefficient (Wildman–Crippen LogP) is 3.89. The lowest BCUT2D eigenvalue weighted by Gasteiger charge is -2.14. The Morgan fingerprint density at radius 3 is 2.38 bits per heavy atom. The first-order chi connectivity index (χ1) is 12.1. The molecule has 2 aromatic rings. The number of phenolic OH excluding ortho intramolecular Hbond substituents is 1. The molecule has 0 atom stereocenters. The van der Waals surface area contributed by atoms with Gasteiger partial charge in [0.15, 0.2) is 11.5 Å². The third-order valence-electron chi connectivity index (χ3n) is 3.94. The summed E-state index contributed by atoms with van der Waals surface area (Å²) in [6.07, 6.45) is 1.72. The van der Waals surface area contributed by atoms with Gasteiger partial charge in [0.2, 0.25) is 0 Å². The first kappa shape index (κ1) is 18.8. The van der Waals surface area contributed by atoms with Gasteiger partial charge < -0.3 is 15.3 Å². The Morgan fingerprint density at radius 1 is 1.15 bits per heavy atom. The lowest BCUT2D eigenvalue weighted by Crippen LogP contribution is -2.14. The van der Waals surface area contributed by atoms with Crippen LogP contribution >= 0.6 is 27.5 Å². The second kappa shape index (κ2) is 6.64. The van der Waals surface area contributed by atoms with E-state index in [1.807, 2.05) is 0 Å². The summed E-state index contributed by atoms with van der Waals surface area (Å²) in [5.41, 5.74) is -0.0553. The van der Waals surface area contributed by atoms with E-state index in [0.717, 1.165) is 18.9 Å². The highest BCUT2D eigenvalue weighted by Crippen LogP contribution is 2.44. The second-order valence-corrected chi connectivity index (χ2v) is 8.86. The third kappa shape index (κ3) is 3.60. The van der Waals surface area contributed by atoms with Gasteiger partial charge in [-0.1, -0.05) is 27.5 Å². The highest BCUT2D eigenvalue weighted by atomic mass is 79.9. The summed E-state index contributed by atoms with van der Waals surface area (Å²) in [4.78, 5) is 10.8. The highest BCUT2D eigenvalue weighted by Gasteiger charge is 2.29. The van der Waals surface area contributed by atoms with E-state index in [1.54, 1.807) is 0 Å². The third-order valence-corrected chi connectivity index (χ3v) is 6.06. The zero-order valence-corrected chi connectivity index (χ0v) is 16.2. The van der Waals surface area contributed by atoms with Gasteiger partial charge >= 0.3 is 5.97 Å². The molecule has 0 saturated heterocycles. The molecular formula is C16H13BrClNO6S. The molecule has 0 aromatic heterocycles. The summed E-state index contributed by atoms with van der Waals surface area (Å²) in [5, 5.41) is 29.2. The van der Waals surface area contributed by atoms with Gasteiger partial charge in [0, 0.05) is 4.47 Å². The monoisotopic (exact) mass is 461 g/mol. The van der Waals surface area contributed by atoms with Crippen LogP contribution < -0.4 is 4.72 Å². The number of carbonyl (C=O) groups is 1. The summed E-state index contributed by atoms with van der Waals surface area (Å²) < 4.78 is 27.8.